The lowest BCUT2D eigenvalue weighted by molar-refractivity contribution is -0.0421. The first-order chi connectivity index (χ1) is 5.08. The number of likely N-dealkylation sites (N-methyl/N-ethyl adjacent to an activating group) is 2. The summed E-state index contributed by atoms with van der Waals surface area (Å²) in [5.41, 5.74) is -0.104. The minimum absolute atomic E-state index is 0.104. The van der Waals surface area contributed by atoms with Crippen molar-refractivity contribution in [2.75, 3.05) is 20.2 Å². The van der Waals surface area contributed by atoms with Crippen molar-refractivity contribution < 1.29 is 4.74 Å². The number of nitrogens with one attached hydrogen (secondary N) is 1. The average molecular weight is 158 g/mol. The minimum atomic E-state index is -0.104. The van der Waals surface area contributed by atoms with Crippen LogP contribution in [0.15, 0.2) is 0 Å². The summed E-state index contributed by atoms with van der Waals surface area (Å²) < 4.78 is 5.58. The van der Waals surface area contributed by atoms with Gasteiger partial charge >= 0.3 is 0 Å². The van der Waals surface area contributed by atoms with Crippen LogP contribution in [-0.2, 0) is 4.74 Å². The van der Waals surface area contributed by atoms with E-state index in [0.29, 0.717) is 6.17 Å². The summed E-state index contributed by atoms with van der Waals surface area (Å²) in [5, 5.41) is 3.35. The van der Waals surface area contributed by atoms with Gasteiger partial charge in [0.1, 0.15) is 5.72 Å². The summed E-state index contributed by atoms with van der Waals surface area (Å²) in [6.07, 6.45) is 0.384. The summed E-state index contributed by atoms with van der Waals surface area (Å²) in [4.78, 5) is 2.22. The molecule has 0 saturated carbocycles. The molecule has 1 rings (SSSR count). The van der Waals surface area contributed by atoms with Gasteiger partial charge in [0.2, 0.25) is 0 Å². The van der Waals surface area contributed by atoms with Crippen LogP contribution < -0.4 is 5.32 Å². The zero-order valence-corrected chi connectivity index (χ0v) is 7.85. The molecule has 66 valence electrons. The molecule has 0 aromatic rings. The van der Waals surface area contributed by atoms with Crippen LogP contribution in [0, 0.1) is 0 Å². The van der Waals surface area contributed by atoms with Gasteiger partial charge in [-0.1, -0.05) is 6.92 Å². The largest absolute Gasteiger partial charge is 0.358 e. The van der Waals surface area contributed by atoms with Gasteiger partial charge in [0.25, 0.3) is 0 Å². The maximum atomic E-state index is 5.58. The molecule has 0 aromatic heterocycles. The summed E-state index contributed by atoms with van der Waals surface area (Å²) in [6.45, 7) is 8.07. The standard InChI is InChI=1S/C8H18N2O/c1-5-9-7-6-11-8(2,3)10(7)4/h7,9H,5-6H2,1-4H3. The number of nitrogens with zero attached hydrogens (tertiary/aromatic N) is 1. The lowest BCUT2D eigenvalue weighted by atomic mass is 10.3. The second-order valence-electron chi connectivity index (χ2n) is 3.44. The molecule has 3 nitrogen and oxygen atoms in total. The van der Waals surface area contributed by atoms with Gasteiger partial charge < -0.3 is 10.1 Å². The highest BCUT2D eigenvalue weighted by atomic mass is 16.5. The highest BCUT2D eigenvalue weighted by molar-refractivity contribution is 4.81. The fourth-order valence-corrected chi connectivity index (χ4v) is 1.30. The van der Waals surface area contributed by atoms with Gasteiger partial charge in [0.15, 0.2) is 0 Å². The fraction of sp³-hybridized carbons (Fsp3) is 1.00. The van der Waals surface area contributed by atoms with Crippen LogP contribution in [0.2, 0.25) is 0 Å². The number of hydrogen-bond donors (Lipinski definition) is 1. The van der Waals surface area contributed by atoms with Crippen molar-refractivity contribution in [3.63, 3.8) is 0 Å². The van der Waals surface area contributed by atoms with Crippen molar-refractivity contribution in [1.82, 2.24) is 10.2 Å². The Hall–Kier alpha value is -0.120. The second-order valence-corrected chi connectivity index (χ2v) is 3.44. The highest BCUT2D eigenvalue weighted by Gasteiger charge is 2.36. The predicted octanol–water partition coefficient (Wildman–Crippen LogP) is 0.620. The van der Waals surface area contributed by atoms with Gasteiger partial charge in [0, 0.05) is 0 Å². The molecule has 1 unspecified atom stereocenters. The second kappa shape index (κ2) is 3.09. The van der Waals surface area contributed by atoms with Gasteiger partial charge in [-0.2, -0.15) is 0 Å². The molecule has 0 bridgehead atoms. The summed E-state index contributed by atoms with van der Waals surface area (Å²) in [7, 11) is 2.08. The average Bonchev–Trinajstić information content (AvgIpc) is 2.17. The molecule has 0 spiro atoms. The van der Waals surface area contributed by atoms with E-state index in [1.807, 2.05) is 0 Å². The van der Waals surface area contributed by atoms with Gasteiger partial charge in [-0.15, -0.1) is 0 Å². The molecule has 1 heterocycles. The maximum Gasteiger partial charge on any atom is 0.117 e. The Kier molecular flexibility index (Phi) is 2.52. The monoisotopic (exact) mass is 158 g/mol. The van der Waals surface area contributed by atoms with Crippen LogP contribution in [0.1, 0.15) is 20.8 Å². The summed E-state index contributed by atoms with van der Waals surface area (Å²) >= 11 is 0. The lowest BCUT2D eigenvalue weighted by Crippen LogP contribution is -2.47. The zero-order valence-electron chi connectivity index (χ0n) is 7.85. The Balaban J connectivity index is 2.49. The normalized spacial score (nSPS) is 31.1. The van der Waals surface area contributed by atoms with Crippen LogP contribution in [0.3, 0.4) is 0 Å². The maximum absolute atomic E-state index is 5.58. The lowest BCUT2D eigenvalue weighted by Gasteiger charge is -2.29. The van der Waals surface area contributed by atoms with Gasteiger partial charge in [-0.05, 0) is 27.4 Å². The fourth-order valence-electron chi connectivity index (χ4n) is 1.30. The number of ether oxygens (including phenoxy) is 1. The molecule has 0 radical (unpaired) electrons. The third kappa shape index (κ3) is 1.72. The molecule has 3 heteroatoms. The minimum Gasteiger partial charge on any atom is -0.358 e. The van der Waals surface area contributed by atoms with E-state index in [0.717, 1.165) is 13.2 Å². The van der Waals surface area contributed by atoms with E-state index in [4.69, 9.17) is 4.74 Å². The Bertz CT molecular complexity index is 136. The first-order valence-corrected chi connectivity index (χ1v) is 4.18. The van der Waals surface area contributed by atoms with Gasteiger partial charge in [-0.25, -0.2) is 0 Å². The van der Waals surface area contributed by atoms with E-state index in [1.165, 1.54) is 0 Å². The molecule has 1 aliphatic heterocycles. The topological polar surface area (TPSA) is 24.5 Å². The molecule has 0 aromatic carbocycles. The Morgan fingerprint density at radius 1 is 1.64 bits per heavy atom. The van der Waals surface area contributed by atoms with Crippen molar-refractivity contribution >= 4 is 0 Å². The molecular weight excluding hydrogens is 140 g/mol. The molecular formula is C8H18N2O. The molecule has 0 aliphatic carbocycles. The molecule has 1 atom stereocenters. The highest BCUT2D eigenvalue weighted by Crippen LogP contribution is 2.23. The van der Waals surface area contributed by atoms with Crippen LogP contribution in [0.5, 0.6) is 0 Å². The summed E-state index contributed by atoms with van der Waals surface area (Å²) in [6, 6.07) is 0. The van der Waals surface area contributed by atoms with Gasteiger partial charge in [0.05, 0.1) is 12.8 Å². The molecule has 11 heavy (non-hydrogen) atoms. The molecule has 1 aliphatic rings. The smallest absolute Gasteiger partial charge is 0.117 e. The molecule has 0 amide bonds. The zero-order chi connectivity index (χ0) is 8.48. The Morgan fingerprint density at radius 2 is 2.27 bits per heavy atom. The third-order valence-electron chi connectivity index (χ3n) is 2.35. The first kappa shape index (κ1) is 8.97. The van der Waals surface area contributed by atoms with Crippen LogP contribution in [0.4, 0.5) is 0 Å². The number of hydrogen-bond acceptors (Lipinski definition) is 3. The van der Waals surface area contributed by atoms with Crippen molar-refractivity contribution in [2.45, 2.75) is 32.7 Å². The quantitative estimate of drug-likeness (QED) is 0.637. The van der Waals surface area contributed by atoms with E-state index in [9.17, 15) is 0 Å². The van der Waals surface area contributed by atoms with Crippen molar-refractivity contribution in [2.24, 2.45) is 0 Å². The SMILES string of the molecule is CCNC1COC(C)(C)N1C. The van der Waals surface area contributed by atoms with Crippen LogP contribution in [-0.4, -0.2) is 37.0 Å². The molecule has 1 saturated heterocycles. The van der Waals surface area contributed by atoms with E-state index in [-0.39, 0.29) is 5.72 Å². The molecule has 1 N–H and O–H groups in total. The van der Waals surface area contributed by atoms with E-state index >= 15 is 0 Å². The summed E-state index contributed by atoms with van der Waals surface area (Å²) in [5.74, 6) is 0. The van der Waals surface area contributed by atoms with E-state index in [1.54, 1.807) is 0 Å². The van der Waals surface area contributed by atoms with Crippen LogP contribution in [0.25, 0.3) is 0 Å². The Labute approximate surface area is 68.7 Å². The van der Waals surface area contributed by atoms with Crippen molar-refractivity contribution in [1.29, 1.82) is 0 Å². The van der Waals surface area contributed by atoms with E-state index in [2.05, 4.69) is 38.0 Å². The van der Waals surface area contributed by atoms with Crippen LogP contribution >= 0.6 is 0 Å². The number of rotatable bonds is 2. The first-order valence-electron chi connectivity index (χ1n) is 4.18. The van der Waals surface area contributed by atoms with Crippen molar-refractivity contribution in [3.05, 3.63) is 0 Å². The third-order valence-corrected chi connectivity index (χ3v) is 2.35. The van der Waals surface area contributed by atoms with Gasteiger partial charge in [-0.3, -0.25) is 4.90 Å². The molecule has 1 fully saturated rings. The Morgan fingerprint density at radius 3 is 2.64 bits per heavy atom. The van der Waals surface area contributed by atoms with Crippen molar-refractivity contribution in [3.8, 4) is 0 Å². The predicted molar refractivity (Wildman–Crippen MR) is 45.3 cm³/mol. The van der Waals surface area contributed by atoms with E-state index < -0.39 is 0 Å².